The Kier molecular flexibility index (Phi) is 3.80. The van der Waals surface area contributed by atoms with Crippen LogP contribution in [0.2, 0.25) is 0 Å². The molecule has 2 aromatic rings. The second-order valence-electron chi connectivity index (χ2n) is 3.93. The average Bonchev–Trinajstić information content (AvgIpc) is 2.40. The van der Waals surface area contributed by atoms with Crippen LogP contribution in [0.1, 0.15) is 17.3 Å². The van der Waals surface area contributed by atoms with Crippen LogP contribution in [0.3, 0.4) is 0 Å². The summed E-state index contributed by atoms with van der Waals surface area (Å²) >= 11 is 0. The van der Waals surface area contributed by atoms with Gasteiger partial charge in [-0.05, 0) is 25.1 Å². The first-order chi connectivity index (χ1) is 9.13. The SMILES string of the molecule is CCOc1ccccc1-c1ccc(C(=O)O)cc1F. The van der Waals surface area contributed by atoms with Crippen molar-refractivity contribution in [1.82, 2.24) is 0 Å². The molecule has 2 aromatic carbocycles. The Morgan fingerprint density at radius 3 is 2.58 bits per heavy atom. The molecule has 3 nitrogen and oxygen atoms in total. The third-order valence-electron chi connectivity index (χ3n) is 2.69. The van der Waals surface area contributed by atoms with Gasteiger partial charge in [0, 0.05) is 11.1 Å². The third-order valence-corrected chi connectivity index (χ3v) is 2.69. The van der Waals surface area contributed by atoms with Crippen LogP contribution in [0.4, 0.5) is 4.39 Å². The number of carbonyl (C=O) groups is 1. The van der Waals surface area contributed by atoms with Crippen molar-refractivity contribution in [3.05, 3.63) is 53.8 Å². The highest BCUT2D eigenvalue weighted by Crippen LogP contribution is 2.32. The maximum Gasteiger partial charge on any atom is 0.335 e. The quantitative estimate of drug-likeness (QED) is 0.913. The molecular weight excluding hydrogens is 247 g/mol. The molecule has 0 amide bonds. The average molecular weight is 260 g/mol. The van der Waals surface area contributed by atoms with Crippen LogP contribution >= 0.6 is 0 Å². The lowest BCUT2D eigenvalue weighted by Crippen LogP contribution is -1.99. The van der Waals surface area contributed by atoms with Gasteiger partial charge in [0.05, 0.1) is 12.2 Å². The number of carboxylic acid groups (broad SMARTS) is 1. The van der Waals surface area contributed by atoms with E-state index >= 15 is 0 Å². The smallest absolute Gasteiger partial charge is 0.335 e. The number of benzene rings is 2. The van der Waals surface area contributed by atoms with Gasteiger partial charge in [0.1, 0.15) is 11.6 Å². The number of rotatable bonds is 4. The molecule has 0 fully saturated rings. The third kappa shape index (κ3) is 2.73. The summed E-state index contributed by atoms with van der Waals surface area (Å²) in [7, 11) is 0. The summed E-state index contributed by atoms with van der Waals surface area (Å²) in [5, 5.41) is 8.82. The number of aromatic carboxylic acids is 1. The molecule has 19 heavy (non-hydrogen) atoms. The largest absolute Gasteiger partial charge is 0.493 e. The Labute approximate surface area is 110 Å². The van der Waals surface area contributed by atoms with Crippen LogP contribution in [-0.4, -0.2) is 17.7 Å². The highest BCUT2D eigenvalue weighted by molar-refractivity contribution is 5.88. The highest BCUT2D eigenvalue weighted by atomic mass is 19.1. The van der Waals surface area contributed by atoms with E-state index in [9.17, 15) is 9.18 Å². The minimum atomic E-state index is -1.15. The molecule has 0 aliphatic rings. The zero-order valence-electron chi connectivity index (χ0n) is 10.4. The highest BCUT2D eigenvalue weighted by Gasteiger charge is 2.13. The Balaban J connectivity index is 2.50. The molecule has 0 spiro atoms. The molecule has 1 N–H and O–H groups in total. The van der Waals surface area contributed by atoms with Crippen LogP contribution in [-0.2, 0) is 0 Å². The van der Waals surface area contributed by atoms with E-state index in [-0.39, 0.29) is 5.56 Å². The number of hydrogen-bond acceptors (Lipinski definition) is 2. The number of hydrogen-bond donors (Lipinski definition) is 1. The van der Waals surface area contributed by atoms with Crippen molar-refractivity contribution in [1.29, 1.82) is 0 Å². The van der Waals surface area contributed by atoms with Crippen molar-refractivity contribution in [2.75, 3.05) is 6.61 Å². The molecule has 0 aromatic heterocycles. The Hall–Kier alpha value is -2.36. The van der Waals surface area contributed by atoms with Gasteiger partial charge in [-0.1, -0.05) is 24.3 Å². The fraction of sp³-hybridized carbons (Fsp3) is 0.133. The van der Waals surface area contributed by atoms with Gasteiger partial charge in [0.15, 0.2) is 0 Å². The maximum absolute atomic E-state index is 14.0. The molecule has 0 unspecified atom stereocenters. The van der Waals surface area contributed by atoms with Gasteiger partial charge in [-0.15, -0.1) is 0 Å². The fourth-order valence-electron chi connectivity index (χ4n) is 1.84. The minimum absolute atomic E-state index is 0.0739. The first kappa shape index (κ1) is 13.1. The van der Waals surface area contributed by atoms with E-state index in [2.05, 4.69) is 0 Å². The second kappa shape index (κ2) is 5.52. The summed E-state index contributed by atoms with van der Waals surface area (Å²) < 4.78 is 19.4. The summed E-state index contributed by atoms with van der Waals surface area (Å²) in [5.41, 5.74) is 0.864. The molecule has 4 heteroatoms. The molecule has 0 atom stereocenters. The van der Waals surface area contributed by atoms with Crippen LogP contribution in [0.15, 0.2) is 42.5 Å². The fourth-order valence-corrected chi connectivity index (χ4v) is 1.84. The van der Waals surface area contributed by atoms with E-state index < -0.39 is 11.8 Å². The topological polar surface area (TPSA) is 46.5 Å². The van der Waals surface area contributed by atoms with E-state index in [0.29, 0.717) is 23.5 Å². The standard InChI is InChI=1S/C15H13FO3/c1-2-19-14-6-4-3-5-12(14)11-8-7-10(15(17)18)9-13(11)16/h3-9H,2H2,1H3,(H,17,18). The van der Waals surface area contributed by atoms with Crippen molar-refractivity contribution in [3.8, 4) is 16.9 Å². The number of ether oxygens (including phenoxy) is 1. The van der Waals surface area contributed by atoms with Crippen LogP contribution < -0.4 is 4.74 Å². The molecule has 98 valence electrons. The zero-order chi connectivity index (χ0) is 13.8. The maximum atomic E-state index is 14.0. The lowest BCUT2D eigenvalue weighted by Gasteiger charge is -2.11. The molecule has 2 rings (SSSR count). The van der Waals surface area contributed by atoms with E-state index in [0.717, 1.165) is 6.07 Å². The molecule has 0 radical (unpaired) electrons. The molecule has 0 bridgehead atoms. The lowest BCUT2D eigenvalue weighted by molar-refractivity contribution is 0.0696. The van der Waals surface area contributed by atoms with Crippen LogP contribution in [0.25, 0.3) is 11.1 Å². The van der Waals surface area contributed by atoms with Crippen molar-refractivity contribution >= 4 is 5.97 Å². The number of halogens is 1. The van der Waals surface area contributed by atoms with Gasteiger partial charge in [-0.3, -0.25) is 0 Å². The Morgan fingerprint density at radius 1 is 1.21 bits per heavy atom. The molecule has 0 heterocycles. The molecule has 0 saturated carbocycles. The zero-order valence-corrected chi connectivity index (χ0v) is 10.4. The number of para-hydroxylation sites is 1. The van der Waals surface area contributed by atoms with Crippen molar-refractivity contribution in [3.63, 3.8) is 0 Å². The predicted octanol–water partition coefficient (Wildman–Crippen LogP) is 3.59. The Bertz CT molecular complexity index is 608. The first-order valence-corrected chi connectivity index (χ1v) is 5.88. The van der Waals surface area contributed by atoms with E-state index in [4.69, 9.17) is 9.84 Å². The first-order valence-electron chi connectivity index (χ1n) is 5.88. The predicted molar refractivity (Wildman–Crippen MR) is 70.0 cm³/mol. The minimum Gasteiger partial charge on any atom is -0.493 e. The van der Waals surface area contributed by atoms with Gasteiger partial charge in [-0.2, -0.15) is 0 Å². The van der Waals surface area contributed by atoms with Crippen molar-refractivity contribution in [2.45, 2.75) is 6.92 Å². The molecule has 0 saturated heterocycles. The summed E-state index contributed by atoms with van der Waals surface area (Å²) in [6, 6.07) is 10.9. The summed E-state index contributed by atoms with van der Waals surface area (Å²) in [5.74, 6) is -1.15. The monoisotopic (exact) mass is 260 g/mol. The Morgan fingerprint density at radius 2 is 1.95 bits per heavy atom. The second-order valence-corrected chi connectivity index (χ2v) is 3.93. The lowest BCUT2D eigenvalue weighted by atomic mass is 10.0. The normalized spacial score (nSPS) is 10.2. The van der Waals surface area contributed by atoms with Crippen molar-refractivity contribution in [2.24, 2.45) is 0 Å². The van der Waals surface area contributed by atoms with Gasteiger partial charge in [0.25, 0.3) is 0 Å². The van der Waals surface area contributed by atoms with Crippen LogP contribution in [0, 0.1) is 5.82 Å². The molecule has 0 aliphatic carbocycles. The van der Waals surface area contributed by atoms with Gasteiger partial charge < -0.3 is 9.84 Å². The van der Waals surface area contributed by atoms with Gasteiger partial charge in [0.2, 0.25) is 0 Å². The summed E-state index contributed by atoms with van der Waals surface area (Å²) in [6.07, 6.45) is 0. The van der Waals surface area contributed by atoms with Gasteiger partial charge in [-0.25, -0.2) is 9.18 Å². The molecule has 0 aliphatic heterocycles. The summed E-state index contributed by atoms with van der Waals surface area (Å²) in [6.45, 7) is 2.33. The van der Waals surface area contributed by atoms with E-state index in [1.54, 1.807) is 24.3 Å². The summed E-state index contributed by atoms with van der Waals surface area (Å²) in [4.78, 5) is 10.8. The number of carboxylic acids is 1. The van der Waals surface area contributed by atoms with Crippen molar-refractivity contribution < 1.29 is 19.0 Å². The van der Waals surface area contributed by atoms with Crippen LogP contribution in [0.5, 0.6) is 5.75 Å². The van der Waals surface area contributed by atoms with Gasteiger partial charge >= 0.3 is 5.97 Å². The molecular formula is C15H13FO3. The van der Waals surface area contributed by atoms with E-state index in [1.807, 2.05) is 6.92 Å². The van der Waals surface area contributed by atoms with E-state index in [1.165, 1.54) is 12.1 Å².